The van der Waals surface area contributed by atoms with Crippen molar-refractivity contribution in [1.82, 2.24) is 25.8 Å². The number of allylic oxidation sites excluding steroid dienone is 2. The van der Waals surface area contributed by atoms with Gasteiger partial charge in [-0.15, -0.1) is 0 Å². The van der Waals surface area contributed by atoms with Crippen LogP contribution in [0.4, 0.5) is 0 Å². The first kappa shape index (κ1) is 23.3. The van der Waals surface area contributed by atoms with E-state index in [0.717, 1.165) is 70.6 Å². The quantitative estimate of drug-likeness (QED) is 0.591. The third-order valence-corrected chi connectivity index (χ3v) is 10.4. The monoisotopic (exact) mass is 469 g/mol. The smallest absolute Gasteiger partial charge is 0.226 e. The van der Waals surface area contributed by atoms with E-state index in [9.17, 15) is 4.79 Å². The second kappa shape index (κ2) is 10.5. The molecule has 6 atom stereocenters. The maximum Gasteiger partial charge on any atom is 0.226 e. The Morgan fingerprint density at radius 2 is 1.88 bits per heavy atom. The van der Waals surface area contributed by atoms with Crippen LogP contribution in [0.1, 0.15) is 70.6 Å². The lowest BCUT2D eigenvalue weighted by atomic mass is 9.68. The molecule has 0 aromatic carbocycles. The van der Waals surface area contributed by atoms with Gasteiger partial charge in [-0.2, -0.15) is 0 Å². The van der Waals surface area contributed by atoms with Gasteiger partial charge in [-0.1, -0.05) is 38.2 Å². The fourth-order valence-corrected chi connectivity index (χ4v) is 8.50. The zero-order valence-electron chi connectivity index (χ0n) is 21.1. The molecule has 0 radical (unpaired) electrons. The maximum absolute atomic E-state index is 13.8. The molecule has 6 rings (SSSR count). The molecule has 6 nitrogen and oxygen atoms in total. The summed E-state index contributed by atoms with van der Waals surface area (Å²) in [5.74, 6) is 3.78. The van der Waals surface area contributed by atoms with Gasteiger partial charge in [0.25, 0.3) is 0 Å². The summed E-state index contributed by atoms with van der Waals surface area (Å²) in [6, 6.07) is 1.22. The molecule has 0 bridgehead atoms. The molecule has 3 aliphatic heterocycles. The van der Waals surface area contributed by atoms with Gasteiger partial charge in [-0.05, 0) is 56.3 Å². The third kappa shape index (κ3) is 4.92. The lowest BCUT2D eigenvalue weighted by Gasteiger charge is -2.44. The lowest BCUT2D eigenvalue weighted by molar-refractivity contribution is -0.136. The van der Waals surface area contributed by atoms with Gasteiger partial charge in [0, 0.05) is 75.6 Å². The van der Waals surface area contributed by atoms with E-state index >= 15 is 0 Å². The maximum atomic E-state index is 13.8. The highest BCUT2D eigenvalue weighted by Crippen LogP contribution is 2.43. The Hall–Kier alpha value is -1.11. The van der Waals surface area contributed by atoms with Crippen molar-refractivity contribution in [2.24, 2.45) is 29.6 Å². The first-order valence-corrected chi connectivity index (χ1v) is 14.7. The molecular weight excluding hydrogens is 422 g/mol. The standard InChI is InChI=1S/C28H47N5O/c34-28(23-6-8-26-22(15-23)10-11-30-26)33-13-12-32(18-25-16-29-19-31-25)27-9-7-21(14-24(27)17-33)20-4-2-1-3-5-20/h8,20-25,27,29-31H,1-7,9-19H2/t21?,22?,23-,24?,25?,27?/m1/s1. The Bertz CT molecular complexity index is 743. The van der Waals surface area contributed by atoms with Crippen LogP contribution in [0.5, 0.6) is 0 Å². The number of amides is 1. The Kier molecular flexibility index (Phi) is 7.18. The molecule has 1 amide bonds. The van der Waals surface area contributed by atoms with Crippen molar-refractivity contribution >= 4 is 5.91 Å². The molecule has 5 unspecified atom stereocenters. The first-order chi connectivity index (χ1) is 16.7. The van der Waals surface area contributed by atoms with Gasteiger partial charge in [-0.25, -0.2) is 0 Å². The highest BCUT2D eigenvalue weighted by atomic mass is 16.2. The molecule has 0 spiro atoms. The topological polar surface area (TPSA) is 59.6 Å². The predicted octanol–water partition coefficient (Wildman–Crippen LogP) is 2.92. The zero-order valence-corrected chi connectivity index (χ0v) is 21.1. The molecular formula is C28H47N5O. The van der Waals surface area contributed by atoms with E-state index < -0.39 is 0 Å². The summed E-state index contributed by atoms with van der Waals surface area (Å²) in [5, 5.41) is 10.7. The predicted molar refractivity (Wildman–Crippen MR) is 136 cm³/mol. The van der Waals surface area contributed by atoms with Crippen LogP contribution >= 0.6 is 0 Å². The average molecular weight is 470 g/mol. The molecule has 3 aliphatic carbocycles. The van der Waals surface area contributed by atoms with Crippen LogP contribution in [0.15, 0.2) is 11.8 Å². The highest BCUT2D eigenvalue weighted by molar-refractivity contribution is 5.79. The molecule has 0 aromatic heterocycles. The van der Waals surface area contributed by atoms with Crippen molar-refractivity contribution in [1.29, 1.82) is 0 Å². The van der Waals surface area contributed by atoms with E-state index in [-0.39, 0.29) is 5.92 Å². The van der Waals surface area contributed by atoms with Gasteiger partial charge in [0.15, 0.2) is 0 Å². The summed E-state index contributed by atoms with van der Waals surface area (Å²) in [6.45, 7) is 7.23. The van der Waals surface area contributed by atoms with Crippen molar-refractivity contribution in [2.45, 2.75) is 82.7 Å². The fraction of sp³-hybridized carbons (Fsp3) is 0.893. The number of carbonyl (C=O) groups is 1. The summed E-state index contributed by atoms with van der Waals surface area (Å²) in [6.07, 6.45) is 16.9. The Balaban J connectivity index is 1.16. The van der Waals surface area contributed by atoms with Gasteiger partial charge < -0.3 is 15.5 Å². The van der Waals surface area contributed by atoms with Crippen LogP contribution in [-0.4, -0.2) is 73.7 Å². The number of nitrogens with one attached hydrogen (secondary N) is 3. The van der Waals surface area contributed by atoms with Crippen molar-refractivity contribution < 1.29 is 4.79 Å². The Morgan fingerprint density at radius 3 is 2.74 bits per heavy atom. The van der Waals surface area contributed by atoms with E-state index in [1.165, 1.54) is 63.5 Å². The summed E-state index contributed by atoms with van der Waals surface area (Å²) in [5.41, 5.74) is 1.42. The number of rotatable bonds is 4. The second-order valence-corrected chi connectivity index (χ2v) is 12.3. The Morgan fingerprint density at radius 1 is 0.971 bits per heavy atom. The number of fused-ring (bicyclic) bond motifs is 2. The molecule has 2 saturated carbocycles. The van der Waals surface area contributed by atoms with E-state index in [4.69, 9.17) is 0 Å². The van der Waals surface area contributed by atoms with E-state index in [0.29, 0.717) is 29.8 Å². The van der Waals surface area contributed by atoms with Crippen molar-refractivity contribution in [3.05, 3.63) is 11.8 Å². The zero-order chi connectivity index (χ0) is 22.9. The number of carbonyl (C=O) groups excluding carboxylic acids is 1. The van der Waals surface area contributed by atoms with Crippen molar-refractivity contribution in [3.8, 4) is 0 Å². The SMILES string of the molecule is O=C([C@@H]1CC=C2NCCC2C1)N1CCN(CC2CNCN2)C2CCC(C3CCCCC3)CC2C1. The van der Waals surface area contributed by atoms with Gasteiger partial charge in [0.05, 0.1) is 0 Å². The molecule has 34 heavy (non-hydrogen) atoms. The normalized spacial score (nSPS) is 39.6. The summed E-state index contributed by atoms with van der Waals surface area (Å²) < 4.78 is 0. The summed E-state index contributed by atoms with van der Waals surface area (Å²) in [7, 11) is 0. The van der Waals surface area contributed by atoms with Crippen LogP contribution in [0, 0.1) is 29.6 Å². The largest absolute Gasteiger partial charge is 0.388 e. The highest BCUT2D eigenvalue weighted by Gasteiger charge is 2.42. The number of hydrogen-bond acceptors (Lipinski definition) is 5. The number of hydrogen-bond donors (Lipinski definition) is 3. The minimum atomic E-state index is 0.206. The Labute approximate surface area is 206 Å². The summed E-state index contributed by atoms with van der Waals surface area (Å²) >= 11 is 0. The minimum absolute atomic E-state index is 0.206. The molecule has 190 valence electrons. The minimum Gasteiger partial charge on any atom is -0.388 e. The molecule has 6 aliphatic rings. The first-order valence-electron chi connectivity index (χ1n) is 14.7. The van der Waals surface area contributed by atoms with Gasteiger partial charge in [0.2, 0.25) is 5.91 Å². The third-order valence-electron chi connectivity index (χ3n) is 10.4. The van der Waals surface area contributed by atoms with E-state index in [1.807, 2.05) is 0 Å². The molecule has 5 fully saturated rings. The number of nitrogens with zero attached hydrogens (tertiary/aromatic N) is 2. The molecule has 3 saturated heterocycles. The summed E-state index contributed by atoms with van der Waals surface area (Å²) in [4.78, 5) is 19.0. The fourth-order valence-electron chi connectivity index (χ4n) is 8.50. The van der Waals surface area contributed by atoms with Crippen LogP contribution in [0.3, 0.4) is 0 Å². The molecule has 6 heteroatoms. The second-order valence-electron chi connectivity index (χ2n) is 12.3. The molecule has 3 heterocycles. The average Bonchev–Trinajstić information content (AvgIpc) is 3.54. The van der Waals surface area contributed by atoms with Gasteiger partial charge in [0.1, 0.15) is 0 Å². The van der Waals surface area contributed by atoms with Crippen LogP contribution in [0.2, 0.25) is 0 Å². The van der Waals surface area contributed by atoms with Gasteiger partial charge in [-0.3, -0.25) is 15.0 Å². The van der Waals surface area contributed by atoms with E-state index in [1.54, 1.807) is 0 Å². The van der Waals surface area contributed by atoms with Crippen LogP contribution in [-0.2, 0) is 4.79 Å². The van der Waals surface area contributed by atoms with Crippen molar-refractivity contribution in [3.63, 3.8) is 0 Å². The van der Waals surface area contributed by atoms with E-state index in [2.05, 4.69) is 31.8 Å². The van der Waals surface area contributed by atoms with Gasteiger partial charge >= 0.3 is 0 Å². The molecule has 0 aromatic rings. The van der Waals surface area contributed by atoms with Crippen molar-refractivity contribution in [2.75, 3.05) is 45.9 Å². The lowest BCUT2D eigenvalue weighted by Crippen LogP contribution is -2.50. The van der Waals surface area contributed by atoms with Crippen LogP contribution in [0.25, 0.3) is 0 Å². The molecule has 3 N–H and O–H groups in total. The van der Waals surface area contributed by atoms with Crippen LogP contribution < -0.4 is 16.0 Å².